The Morgan fingerprint density at radius 2 is 1.52 bits per heavy atom. The zero-order valence-electron chi connectivity index (χ0n) is 18.9. The van der Waals surface area contributed by atoms with Crippen LogP contribution in [0.25, 0.3) is 0 Å². The van der Waals surface area contributed by atoms with Gasteiger partial charge < -0.3 is 24.3 Å². The Bertz CT molecular complexity index is 723. The van der Waals surface area contributed by atoms with Crippen molar-refractivity contribution in [2.24, 2.45) is 0 Å². The zero-order chi connectivity index (χ0) is 22.5. The van der Waals surface area contributed by atoms with Crippen molar-refractivity contribution in [3.63, 3.8) is 0 Å². The fourth-order valence-corrected chi connectivity index (χ4v) is 3.94. The van der Waals surface area contributed by atoms with Crippen LogP contribution in [0.5, 0.6) is 0 Å². The first-order valence-electron chi connectivity index (χ1n) is 10.7. The van der Waals surface area contributed by atoms with Gasteiger partial charge in [0.25, 0.3) is 0 Å². The lowest BCUT2D eigenvalue weighted by atomic mass is 10.2. The molecular formula is C19H37N5O6S. The molecule has 0 spiro atoms. The Balaban J connectivity index is 1.45. The van der Waals surface area contributed by atoms with Gasteiger partial charge in [-0.3, -0.25) is 4.90 Å². The van der Waals surface area contributed by atoms with E-state index in [2.05, 4.69) is 20.5 Å². The molecule has 2 rings (SSSR count). The van der Waals surface area contributed by atoms with Crippen molar-refractivity contribution in [3.8, 4) is 0 Å². The van der Waals surface area contributed by atoms with Crippen LogP contribution in [0.2, 0.25) is 0 Å². The number of hydrogen-bond acceptors (Lipinski definition) is 10. The second-order valence-electron chi connectivity index (χ2n) is 7.54. The highest BCUT2D eigenvalue weighted by Gasteiger charge is 2.34. The van der Waals surface area contributed by atoms with E-state index in [9.17, 15) is 8.42 Å². The van der Waals surface area contributed by atoms with Crippen molar-refractivity contribution in [3.05, 3.63) is 11.4 Å². The predicted octanol–water partition coefficient (Wildman–Crippen LogP) is -0.899. The average molecular weight is 464 g/mol. The molecule has 180 valence electrons. The van der Waals surface area contributed by atoms with E-state index >= 15 is 0 Å². The number of aromatic nitrogens is 3. The lowest BCUT2D eigenvalue weighted by Crippen LogP contribution is -2.53. The number of nitrogens with zero attached hydrogens (tertiary/aromatic N) is 4. The third-order valence-electron chi connectivity index (χ3n) is 5.04. The largest absolute Gasteiger partial charge is 0.378 e. The highest BCUT2D eigenvalue weighted by molar-refractivity contribution is 7.91. The summed E-state index contributed by atoms with van der Waals surface area (Å²) < 4.78 is 46.6. The van der Waals surface area contributed by atoms with Crippen molar-refractivity contribution >= 4 is 9.84 Å². The number of hydrogen-bond donors (Lipinski definition) is 1. The molecule has 0 atom stereocenters. The van der Waals surface area contributed by atoms with Crippen LogP contribution in [-0.2, 0) is 41.9 Å². The van der Waals surface area contributed by atoms with Crippen LogP contribution in [0, 0.1) is 6.92 Å². The van der Waals surface area contributed by atoms with Gasteiger partial charge in [-0.25, -0.2) is 13.1 Å². The predicted molar refractivity (Wildman–Crippen MR) is 116 cm³/mol. The van der Waals surface area contributed by atoms with Crippen LogP contribution in [0.15, 0.2) is 0 Å². The minimum Gasteiger partial charge on any atom is -0.378 e. The van der Waals surface area contributed by atoms with Gasteiger partial charge in [0.1, 0.15) is 0 Å². The number of ether oxygens (including phenoxy) is 4. The smallest absolute Gasteiger partial charge is 0.152 e. The second-order valence-corrected chi connectivity index (χ2v) is 9.87. The molecule has 0 radical (unpaired) electrons. The minimum absolute atomic E-state index is 0.257. The molecule has 1 N–H and O–H groups in total. The summed E-state index contributed by atoms with van der Waals surface area (Å²) in [6.45, 7) is 9.62. The van der Waals surface area contributed by atoms with Crippen molar-refractivity contribution in [1.82, 2.24) is 25.2 Å². The highest BCUT2D eigenvalue weighted by Crippen LogP contribution is 2.18. The number of likely N-dealkylation sites (tertiary alicyclic amines) is 1. The minimum atomic E-state index is -2.95. The fourth-order valence-electron chi connectivity index (χ4n) is 2.98. The third-order valence-corrected chi connectivity index (χ3v) is 6.55. The first-order chi connectivity index (χ1) is 14.9. The normalized spacial score (nSPS) is 15.5. The van der Waals surface area contributed by atoms with Gasteiger partial charge in [-0.15, -0.1) is 5.10 Å². The van der Waals surface area contributed by atoms with E-state index < -0.39 is 9.84 Å². The Morgan fingerprint density at radius 3 is 2.06 bits per heavy atom. The topological polar surface area (TPSA) is 117 Å². The standard InChI is InChI=1S/C19H37N5O6S/c1-17-19(16-23-14-18(15-23)31(3,25)26)21-22-24(17)5-7-28-9-11-30-13-12-29-10-8-27-6-4-20-2/h18,20H,4-16H2,1-3H3. The lowest BCUT2D eigenvalue weighted by molar-refractivity contribution is -0.00238. The molecule has 0 aromatic carbocycles. The zero-order valence-corrected chi connectivity index (χ0v) is 19.7. The van der Waals surface area contributed by atoms with Gasteiger partial charge in [0, 0.05) is 32.4 Å². The van der Waals surface area contributed by atoms with E-state index in [4.69, 9.17) is 18.9 Å². The van der Waals surface area contributed by atoms with Gasteiger partial charge in [0.15, 0.2) is 9.84 Å². The van der Waals surface area contributed by atoms with Gasteiger partial charge in [0.05, 0.1) is 76.0 Å². The molecule has 1 aliphatic rings. The Kier molecular flexibility index (Phi) is 11.9. The molecule has 31 heavy (non-hydrogen) atoms. The number of rotatable bonds is 18. The number of likely N-dealkylation sites (N-methyl/N-ethyl adjacent to an activating group) is 1. The maximum absolute atomic E-state index is 11.5. The molecule has 11 nitrogen and oxygen atoms in total. The lowest BCUT2D eigenvalue weighted by Gasteiger charge is -2.37. The van der Waals surface area contributed by atoms with Crippen LogP contribution in [0.1, 0.15) is 11.4 Å². The van der Waals surface area contributed by atoms with Crippen LogP contribution < -0.4 is 5.32 Å². The highest BCUT2D eigenvalue weighted by atomic mass is 32.2. The van der Waals surface area contributed by atoms with Crippen LogP contribution >= 0.6 is 0 Å². The summed E-state index contributed by atoms with van der Waals surface area (Å²) in [4.78, 5) is 2.07. The summed E-state index contributed by atoms with van der Waals surface area (Å²) in [5.74, 6) is 0. The third kappa shape index (κ3) is 9.89. The molecule has 1 aliphatic heterocycles. The maximum Gasteiger partial charge on any atom is 0.152 e. The SMILES string of the molecule is CNCCOCCOCCOCCOCCn1nnc(CN2CC(S(C)(=O)=O)C2)c1C. The molecule has 0 unspecified atom stereocenters. The molecule has 0 saturated carbocycles. The summed E-state index contributed by atoms with van der Waals surface area (Å²) in [5, 5.41) is 11.2. The van der Waals surface area contributed by atoms with Crippen molar-refractivity contribution in [2.75, 3.05) is 85.8 Å². The fraction of sp³-hybridized carbons (Fsp3) is 0.895. The average Bonchev–Trinajstić information content (AvgIpc) is 3.03. The van der Waals surface area contributed by atoms with Crippen LogP contribution in [-0.4, -0.2) is 119 Å². The van der Waals surface area contributed by atoms with Crippen LogP contribution in [0.3, 0.4) is 0 Å². The summed E-state index contributed by atoms with van der Waals surface area (Å²) in [5.41, 5.74) is 1.86. The quantitative estimate of drug-likeness (QED) is 0.275. The summed E-state index contributed by atoms with van der Waals surface area (Å²) in [7, 11) is -1.06. The van der Waals surface area contributed by atoms with Gasteiger partial charge in [-0.2, -0.15) is 0 Å². The maximum atomic E-state index is 11.5. The van der Waals surface area contributed by atoms with Crippen LogP contribution in [0.4, 0.5) is 0 Å². The molecule has 1 aromatic rings. The van der Waals surface area contributed by atoms with Crippen molar-refractivity contribution in [2.45, 2.75) is 25.3 Å². The van der Waals surface area contributed by atoms with E-state index in [-0.39, 0.29) is 5.25 Å². The first kappa shape index (κ1) is 26.1. The number of nitrogens with one attached hydrogen (secondary N) is 1. The Hall–Kier alpha value is -1.15. The Labute approximate surface area is 185 Å². The van der Waals surface area contributed by atoms with E-state index in [0.29, 0.717) is 79.0 Å². The van der Waals surface area contributed by atoms with E-state index in [1.54, 1.807) is 0 Å². The first-order valence-corrected chi connectivity index (χ1v) is 12.6. The van der Waals surface area contributed by atoms with Gasteiger partial charge >= 0.3 is 0 Å². The van der Waals surface area contributed by atoms with E-state index in [1.807, 2.05) is 18.7 Å². The molecule has 1 fully saturated rings. The molecular weight excluding hydrogens is 426 g/mol. The second kappa shape index (κ2) is 14.1. The monoisotopic (exact) mass is 463 g/mol. The summed E-state index contributed by atoms with van der Waals surface area (Å²) in [6.07, 6.45) is 1.29. The Morgan fingerprint density at radius 1 is 0.968 bits per heavy atom. The molecule has 0 bridgehead atoms. The molecule has 2 heterocycles. The van der Waals surface area contributed by atoms with E-state index in [0.717, 1.165) is 17.9 Å². The molecule has 12 heteroatoms. The van der Waals surface area contributed by atoms with Gasteiger partial charge in [0.2, 0.25) is 0 Å². The molecule has 0 amide bonds. The van der Waals surface area contributed by atoms with Gasteiger partial charge in [-0.1, -0.05) is 5.21 Å². The summed E-state index contributed by atoms with van der Waals surface area (Å²) in [6, 6.07) is 0. The van der Waals surface area contributed by atoms with Crippen molar-refractivity contribution in [1.29, 1.82) is 0 Å². The molecule has 0 aliphatic carbocycles. The van der Waals surface area contributed by atoms with Gasteiger partial charge in [-0.05, 0) is 14.0 Å². The summed E-state index contributed by atoms with van der Waals surface area (Å²) >= 11 is 0. The van der Waals surface area contributed by atoms with Crippen molar-refractivity contribution < 1.29 is 27.4 Å². The molecule has 1 aromatic heterocycles. The molecule has 1 saturated heterocycles. The van der Waals surface area contributed by atoms with E-state index in [1.165, 1.54) is 6.26 Å². The number of sulfone groups is 1.